The van der Waals surface area contributed by atoms with E-state index in [1.54, 1.807) is 43.3 Å². The van der Waals surface area contributed by atoms with Crippen molar-refractivity contribution in [2.75, 3.05) is 38.5 Å². The highest BCUT2D eigenvalue weighted by molar-refractivity contribution is 5.78. The molecule has 2 aliphatic heterocycles. The first-order valence-electron chi connectivity index (χ1n) is 13.8. The van der Waals surface area contributed by atoms with Crippen molar-refractivity contribution in [2.45, 2.75) is 57.5 Å². The van der Waals surface area contributed by atoms with Crippen LogP contribution >= 0.6 is 0 Å². The van der Waals surface area contributed by atoms with E-state index in [4.69, 9.17) is 9.26 Å². The van der Waals surface area contributed by atoms with Crippen LogP contribution in [0.4, 0.5) is 14.8 Å². The molecule has 2 aliphatic rings. The summed E-state index contributed by atoms with van der Waals surface area (Å²) < 4.78 is 42.0. The monoisotopic (exact) mass is 569 g/mol. The van der Waals surface area contributed by atoms with E-state index in [1.807, 2.05) is 31.9 Å². The van der Waals surface area contributed by atoms with Crippen molar-refractivity contribution >= 4 is 18.2 Å². The maximum Gasteiger partial charge on any atom is 0.321 e. The molecule has 0 radical (unpaired) electrons. The van der Waals surface area contributed by atoms with Gasteiger partial charge in [0.2, 0.25) is 5.91 Å². The van der Waals surface area contributed by atoms with Gasteiger partial charge in [-0.05, 0) is 36.7 Å². The third-order valence-electron chi connectivity index (χ3n) is 7.39. The highest BCUT2D eigenvalue weighted by atomic mass is 19.3. The van der Waals surface area contributed by atoms with E-state index in [2.05, 4.69) is 20.8 Å². The summed E-state index contributed by atoms with van der Waals surface area (Å²) in [4.78, 5) is 27.6. The van der Waals surface area contributed by atoms with Crippen LogP contribution in [-0.4, -0.2) is 72.0 Å². The Hall–Kier alpha value is -3.86. The number of benzene rings is 2. The van der Waals surface area contributed by atoms with Gasteiger partial charge < -0.3 is 19.9 Å². The molecule has 1 unspecified atom stereocenters. The van der Waals surface area contributed by atoms with Gasteiger partial charge in [-0.15, -0.1) is 0 Å². The van der Waals surface area contributed by atoms with Gasteiger partial charge in [0.15, 0.2) is 11.4 Å². The van der Waals surface area contributed by atoms with Gasteiger partial charge in [-0.1, -0.05) is 56.3 Å². The molecule has 0 bridgehead atoms. The maximum absolute atomic E-state index is 15.4. The fraction of sp³-hybridized carbons (Fsp3) is 0.467. The number of likely N-dealkylation sites (N-methyl/N-ethyl adjacent to an activating group) is 1. The Labute approximate surface area is 238 Å². The highest BCUT2D eigenvalue weighted by Crippen LogP contribution is 2.47. The molecule has 9 nitrogen and oxygen atoms in total. The van der Waals surface area contributed by atoms with E-state index in [0.717, 1.165) is 30.5 Å². The van der Waals surface area contributed by atoms with Gasteiger partial charge in [0, 0.05) is 49.5 Å². The minimum Gasteiger partial charge on any atom is -0.481 e. The molecule has 3 aromatic rings. The SMILES string of the molecule is CCC1(CCNc2nc(C(C)C)no2)Oc2ccc(-c3ccc(C=O)cc3)cc2CC1(F)F.CN1CCNC(=O)C1. The van der Waals surface area contributed by atoms with Crippen LogP contribution in [0.3, 0.4) is 0 Å². The predicted octanol–water partition coefficient (Wildman–Crippen LogP) is 4.94. The lowest BCUT2D eigenvalue weighted by atomic mass is 9.81. The Balaban J connectivity index is 0.000000417. The summed E-state index contributed by atoms with van der Waals surface area (Å²) in [6, 6.07) is 12.6. The zero-order chi connectivity index (χ0) is 29.6. The molecular formula is C30H37F2N5O4. The number of aromatic nitrogens is 2. The predicted molar refractivity (Wildman–Crippen MR) is 152 cm³/mol. The van der Waals surface area contributed by atoms with Crippen LogP contribution in [0, 0.1) is 0 Å². The summed E-state index contributed by atoms with van der Waals surface area (Å²) in [6.07, 6.45) is 0.585. The van der Waals surface area contributed by atoms with Crippen molar-refractivity contribution in [3.8, 4) is 16.9 Å². The second kappa shape index (κ2) is 12.8. The van der Waals surface area contributed by atoms with E-state index >= 15 is 8.78 Å². The second-order valence-electron chi connectivity index (χ2n) is 10.8. The number of amides is 1. The van der Waals surface area contributed by atoms with Crippen molar-refractivity contribution in [3.63, 3.8) is 0 Å². The van der Waals surface area contributed by atoms with E-state index in [1.165, 1.54) is 0 Å². The van der Waals surface area contributed by atoms with Crippen molar-refractivity contribution < 1.29 is 27.6 Å². The molecule has 0 saturated carbocycles. The summed E-state index contributed by atoms with van der Waals surface area (Å²) in [5.74, 6) is -1.78. The van der Waals surface area contributed by atoms with Crippen LogP contribution in [0.2, 0.25) is 0 Å². The van der Waals surface area contributed by atoms with Gasteiger partial charge in [0.25, 0.3) is 5.92 Å². The lowest BCUT2D eigenvalue weighted by molar-refractivity contribution is -0.179. The number of ether oxygens (including phenoxy) is 1. The van der Waals surface area contributed by atoms with Gasteiger partial charge >= 0.3 is 6.01 Å². The number of alkyl halides is 2. The molecule has 1 saturated heterocycles. The Morgan fingerprint density at radius 2 is 1.90 bits per heavy atom. The molecule has 11 heteroatoms. The zero-order valence-corrected chi connectivity index (χ0v) is 23.9. The molecule has 5 rings (SSSR count). The molecule has 3 heterocycles. The number of aldehydes is 1. The first kappa shape index (κ1) is 30.1. The fourth-order valence-electron chi connectivity index (χ4n) is 4.86. The Morgan fingerprint density at radius 1 is 1.17 bits per heavy atom. The van der Waals surface area contributed by atoms with Gasteiger partial charge in [-0.25, -0.2) is 8.78 Å². The third kappa shape index (κ3) is 7.08. The van der Waals surface area contributed by atoms with Gasteiger partial charge in [0.05, 0.1) is 6.54 Å². The van der Waals surface area contributed by atoms with Crippen LogP contribution in [-0.2, 0) is 11.2 Å². The topological polar surface area (TPSA) is 110 Å². The van der Waals surface area contributed by atoms with Crippen molar-refractivity contribution in [3.05, 3.63) is 59.4 Å². The van der Waals surface area contributed by atoms with E-state index in [0.29, 0.717) is 29.2 Å². The molecule has 1 fully saturated rings. The maximum atomic E-state index is 15.4. The standard InChI is InChI=1S/C25H27F2N3O3.C5H10N2O/c1-4-24(11-12-28-23-29-22(16(2)3)30-33-23)25(26,27)14-20-13-19(9-10-21(20)32-24)18-7-5-17(15-31)6-8-18;1-7-3-2-6-5(8)4-7/h5-10,13,15-16H,4,11-12,14H2,1-3H3,(H,28,29,30);2-4H2,1H3,(H,6,8). The minimum atomic E-state index is -3.06. The summed E-state index contributed by atoms with van der Waals surface area (Å²) in [7, 11) is 1.94. The number of carbonyl (C=O) groups is 2. The van der Waals surface area contributed by atoms with E-state index < -0.39 is 17.9 Å². The molecule has 2 aromatic carbocycles. The summed E-state index contributed by atoms with van der Waals surface area (Å²) in [6.45, 7) is 8.15. The van der Waals surface area contributed by atoms with Gasteiger partial charge in [-0.3, -0.25) is 14.5 Å². The number of anilines is 1. The lowest BCUT2D eigenvalue weighted by Crippen LogP contribution is -2.56. The normalized spacial score (nSPS) is 19.8. The van der Waals surface area contributed by atoms with Crippen LogP contribution in [0.1, 0.15) is 61.3 Å². The van der Waals surface area contributed by atoms with E-state index in [9.17, 15) is 9.59 Å². The number of fused-ring (bicyclic) bond motifs is 1. The zero-order valence-electron chi connectivity index (χ0n) is 23.9. The highest BCUT2D eigenvalue weighted by Gasteiger charge is 2.57. The first-order valence-corrected chi connectivity index (χ1v) is 13.8. The fourth-order valence-corrected chi connectivity index (χ4v) is 4.86. The minimum absolute atomic E-state index is 0.0737. The lowest BCUT2D eigenvalue weighted by Gasteiger charge is -2.44. The molecular weight excluding hydrogens is 532 g/mol. The number of rotatable bonds is 8. The van der Waals surface area contributed by atoms with Gasteiger partial charge in [-0.2, -0.15) is 4.98 Å². The molecule has 0 aliphatic carbocycles. The Bertz CT molecular complexity index is 1340. The molecule has 2 N–H and O–H groups in total. The number of piperazine rings is 1. The van der Waals surface area contributed by atoms with Crippen molar-refractivity contribution in [1.29, 1.82) is 0 Å². The molecule has 41 heavy (non-hydrogen) atoms. The number of carbonyl (C=O) groups excluding carboxylic acids is 2. The number of hydrogen-bond donors (Lipinski definition) is 2. The molecule has 1 aromatic heterocycles. The molecule has 1 atom stereocenters. The Kier molecular flexibility index (Phi) is 9.37. The summed E-state index contributed by atoms with van der Waals surface area (Å²) in [5.41, 5.74) is 1.04. The average Bonchev–Trinajstić information content (AvgIpc) is 3.42. The van der Waals surface area contributed by atoms with Crippen molar-refractivity contribution in [1.82, 2.24) is 20.4 Å². The second-order valence-corrected chi connectivity index (χ2v) is 10.8. The number of hydrogen-bond acceptors (Lipinski definition) is 8. The molecule has 1 amide bonds. The number of nitrogens with one attached hydrogen (secondary N) is 2. The largest absolute Gasteiger partial charge is 0.481 e. The van der Waals surface area contributed by atoms with Crippen LogP contribution in [0.15, 0.2) is 47.0 Å². The Morgan fingerprint density at radius 3 is 2.49 bits per heavy atom. The summed E-state index contributed by atoms with van der Waals surface area (Å²) in [5, 5.41) is 9.56. The van der Waals surface area contributed by atoms with Crippen LogP contribution < -0.4 is 15.4 Å². The number of halogens is 2. The average molecular weight is 570 g/mol. The first-order chi connectivity index (χ1) is 19.6. The third-order valence-corrected chi connectivity index (χ3v) is 7.39. The number of nitrogens with zero attached hydrogens (tertiary/aromatic N) is 3. The van der Waals surface area contributed by atoms with Crippen molar-refractivity contribution in [2.24, 2.45) is 0 Å². The quantitative estimate of drug-likeness (QED) is 0.367. The van der Waals surface area contributed by atoms with Crippen LogP contribution in [0.5, 0.6) is 5.75 Å². The smallest absolute Gasteiger partial charge is 0.321 e. The summed E-state index contributed by atoms with van der Waals surface area (Å²) >= 11 is 0. The van der Waals surface area contributed by atoms with Gasteiger partial charge in [0.1, 0.15) is 12.0 Å². The molecule has 0 spiro atoms. The van der Waals surface area contributed by atoms with Crippen LogP contribution in [0.25, 0.3) is 11.1 Å². The molecule has 220 valence electrons. The van der Waals surface area contributed by atoms with E-state index in [-0.39, 0.29) is 37.2 Å².